The number of amides is 4. The zero-order valence-corrected chi connectivity index (χ0v) is 14.7. The van der Waals surface area contributed by atoms with Crippen molar-refractivity contribution in [3.05, 3.63) is 29.8 Å². The minimum atomic E-state index is -0.480. The maximum absolute atomic E-state index is 12.3. The Kier molecular flexibility index (Phi) is 6.38. The third kappa shape index (κ3) is 5.48. The van der Waals surface area contributed by atoms with E-state index in [2.05, 4.69) is 10.6 Å². The van der Waals surface area contributed by atoms with Gasteiger partial charge >= 0.3 is 6.03 Å². The van der Waals surface area contributed by atoms with Gasteiger partial charge in [-0.1, -0.05) is 26.0 Å². The summed E-state index contributed by atoms with van der Waals surface area (Å²) in [5.74, 6) is -0.453. The van der Waals surface area contributed by atoms with Gasteiger partial charge in [0, 0.05) is 31.2 Å². The number of carbonyl (C=O) groups is 3. The number of carbonyl (C=O) groups excluding carboxylic acids is 3. The molecule has 4 N–H and O–H groups in total. The lowest BCUT2D eigenvalue weighted by Gasteiger charge is -2.30. The molecule has 1 heterocycles. The number of likely N-dealkylation sites (tertiary alicyclic amines) is 1. The number of piperidine rings is 1. The minimum Gasteiger partial charge on any atom is -0.352 e. The van der Waals surface area contributed by atoms with E-state index in [1.165, 1.54) is 4.90 Å². The zero-order valence-electron chi connectivity index (χ0n) is 14.7. The Morgan fingerprint density at radius 3 is 2.76 bits per heavy atom. The molecule has 1 aromatic carbocycles. The predicted molar refractivity (Wildman–Crippen MR) is 95.6 cm³/mol. The first-order valence-electron chi connectivity index (χ1n) is 8.58. The van der Waals surface area contributed by atoms with E-state index in [0.717, 1.165) is 18.4 Å². The van der Waals surface area contributed by atoms with Gasteiger partial charge in [0.1, 0.15) is 0 Å². The highest BCUT2D eigenvalue weighted by Gasteiger charge is 2.27. The molecular weight excluding hydrogens is 320 g/mol. The van der Waals surface area contributed by atoms with E-state index in [4.69, 9.17) is 5.73 Å². The summed E-state index contributed by atoms with van der Waals surface area (Å²) in [4.78, 5) is 36.9. The van der Waals surface area contributed by atoms with E-state index in [9.17, 15) is 14.4 Å². The summed E-state index contributed by atoms with van der Waals surface area (Å²) in [6.45, 7) is 5.01. The number of rotatable bonds is 5. The van der Waals surface area contributed by atoms with Crippen LogP contribution in [0.15, 0.2) is 24.3 Å². The Labute approximate surface area is 147 Å². The van der Waals surface area contributed by atoms with Crippen LogP contribution < -0.4 is 16.4 Å². The molecule has 1 atom stereocenters. The van der Waals surface area contributed by atoms with Crippen molar-refractivity contribution in [1.82, 2.24) is 10.2 Å². The van der Waals surface area contributed by atoms with Crippen LogP contribution in [0.5, 0.6) is 0 Å². The molecule has 7 nitrogen and oxygen atoms in total. The largest absolute Gasteiger partial charge is 0.352 e. The van der Waals surface area contributed by atoms with E-state index in [-0.39, 0.29) is 23.7 Å². The lowest BCUT2D eigenvalue weighted by molar-refractivity contribution is -0.126. The Morgan fingerprint density at radius 1 is 1.32 bits per heavy atom. The van der Waals surface area contributed by atoms with Crippen LogP contribution in [0.3, 0.4) is 0 Å². The van der Waals surface area contributed by atoms with E-state index >= 15 is 0 Å². The number of nitrogens with zero attached hydrogens (tertiary/aromatic N) is 1. The molecule has 1 unspecified atom stereocenters. The fourth-order valence-electron chi connectivity index (χ4n) is 2.77. The second kappa shape index (κ2) is 8.50. The minimum absolute atomic E-state index is 0.0464. The number of hydrogen-bond donors (Lipinski definition) is 3. The maximum Gasteiger partial charge on any atom is 0.314 e. The monoisotopic (exact) mass is 346 g/mol. The molecule has 1 aliphatic heterocycles. The average molecular weight is 346 g/mol. The van der Waals surface area contributed by atoms with Gasteiger partial charge in [0.25, 0.3) is 0 Å². The summed E-state index contributed by atoms with van der Waals surface area (Å²) in [6, 6.07) is 6.91. The molecule has 7 heteroatoms. The highest BCUT2D eigenvalue weighted by Crippen LogP contribution is 2.17. The SMILES string of the molecule is CC(C)C(=O)Nc1cccc(CNC(=O)C2CCCN(C(N)=O)C2)c1. The van der Waals surface area contributed by atoms with E-state index in [1.807, 2.05) is 38.1 Å². The zero-order chi connectivity index (χ0) is 18.4. The first-order valence-corrected chi connectivity index (χ1v) is 8.58. The highest BCUT2D eigenvalue weighted by molar-refractivity contribution is 5.92. The van der Waals surface area contributed by atoms with Crippen molar-refractivity contribution in [2.75, 3.05) is 18.4 Å². The lowest BCUT2D eigenvalue weighted by atomic mass is 9.97. The molecule has 0 aliphatic carbocycles. The number of nitrogens with two attached hydrogens (primary N) is 1. The number of primary amides is 1. The van der Waals surface area contributed by atoms with E-state index in [0.29, 0.717) is 25.3 Å². The Hall–Kier alpha value is -2.57. The first kappa shape index (κ1) is 18.8. The number of benzene rings is 1. The normalized spacial score (nSPS) is 17.2. The average Bonchev–Trinajstić information content (AvgIpc) is 2.60. The van der Waals surface area contributed by atoms with Gasteiger partial charge in [-0.3, -0.25) is 9.59 Å². The van der Waals surface area contributed by atoms with Crippen LogP contribution in [0.25, 0.3) is 0 Å². The Bertz CT molecular complexity index is 645. The van der Waals surface area contributed by atoms with Crippen molar-refractivity contribution in [1.29, 1.82) is 0 Å². The van der Waals surface area contributed by atoms with E-state index < -0.39 is 6.03 Å². The summed E-state index contributed by atoms with van der Waals surface area (Å²) in [7, 11) is 0. The van der Waals surface area contributed by atoms with Gasteiger partial charge in [0.15, 0.2) is 0 Å². The molecule has 1 aliphatic rings. The van der Waals surface area contributed by atoms with Gasteiger partial charge in [0.05, 0.1) is 5.92 Å². The standard InChI is InChI=1S/C18H26N4O3/c1-12(2)16(23)21-15-7-3-5-13(9-15)10-20-17(24)14-6-4-8-22(11-14)18(19)25/h3,5,7,9,12,14H,4,6,8,10-11H2,1-2H3,(H2,19,25)(H,20,24)(H,21,23). The van der Waals surface area contributed by atoms with Crippen LogP contribution in [0, 0.1) is 11.8 Å². The highest BCUT2D eigenvalue weighted by atomic mass is 16.2. The summed E-state index contributed by atoms with van der Waals surface area (Å²) in [6.07, 6.45) is 1.53. The Morgan fingerprint density at radius 2 is 2.08 bits per heavy atom. The third-order valence-corrected chi connectivity index (χ3v) is 4.29. The second-order valence-electron chi connectivity index (χ2n) is 6.69. The van der Waals surface area contributed by atoms with Crippen molar-refractivity contribution in [3.8, 4) is 0 Å². The van der Waals surface area contributed by atoms with Crippen molar-refractivity contribution in [2.24, 2.45) is 17.6 Å². The smallest absolute Gasteiger partial charge is 0.314 e. The molecule has 0 radical (unpaired) electrons. The first-order chi connectivity index (χ1) is 11.9. The maximum atomic E-state index is 12.3. The fourth-order valence-corrected chi connectivity index (χ4v) is 2.77. The number of anilines is 1. The molecule has 1 fully saturated rings. The second-order valence-corrected chi connectivity index (χ2v) is 6.69. The van der Waals surface area contributed by atoms with Crippen molar-refractivity contribution in [3.63, 3.8) is 0 Å². The van der Waals surface area contributed by atoms with Gasteiger partial charge < -0.3 is 21.3 Å². The van der Waals surface area contributed by atoms with Crippen LogP contribution in [0.1, 0.15) is 32.3 Å². The summed E-state index contributed by atoms with van der Waals surface area (Å²) >= 11 is 0. The topological polar surface area (TPSA) is 105 Å². The van der Waals surface area contributed by atoms with Crippen LogP contribution in [0.2, 0.25) is 0 Å². The fraction of sp³-hybridized carbons (Fsp3) is 0.500. The van der Waals surface area contributed by atoms with Gasteiger partial charge in [0.2, 0.25) is 11.8 Å². The predicted octanol–water partition coefficient (Wildman–Crippen LogP) is 1.69. The molecule has 2 rings (SSSR count). The molecule has 0 bridgehead atoms. The number of nitrogens with one attached hydrogen (secondary N) is 2. The van der Waals surface area contributed by atoms with Gasteiger partial charge in [-0.2, -0.15) is 0 Å². The lowest BCUT2D eigenvalue weighted by Crippen LogP contribution is -2.47. The summed E-state index contributed by atoms with van der Waals surface area (Å²) in [5.41, 5.74) is 6.90. The number of urea groups is 1. The molecule has 25 heavy (non-hydrogen) atoms. The molecular formula is C18H26N4O3. The van der Waals surface area contributed by atoms with Crippen molar-refractivity contribution in [2.45, 2.75) is 33.2 Å². The van der Waals surface area contributed by atoms with E-state index in [1.54, 1.807) is 0 Å². The molecule has 0 saturated carbocycles. The Balaban J connectivity index is 1.89. The van der Waals surface area contributed by atoms with Crippen LogP contribution in [0.4, 0.5) is 10.5 Å². The molecule has 1 saturated heterocycles. The van der Waals surface area contributed by atoms with Gasteiger partial charge in [-0.25, -0.2) is 4.79 Å². The molecule has 0 aromatic heterocycles. The molecule has 1 aromatic rings. The summed E-state index contributed by atoms with van der Waals surface area (Å²) < 4.78 is 0. The van der Waals surface area contributed by atoms with Crippen molar-refractivity contribution < 1.29 is 14.4 Å². The molecule has 4 amide bonds. The number of hydrogen-bond acceptors (Lipinski definition) is 3. The van der Waals surface area contributed by atoms with Crippen LogP contribution in [-0.2, 0) is 16.1 Å². The molecule has 136 valence electrons. The van der Waals surface area contributed by atoms with Gasteiger partial charge in [-0.05, 0) is 30.5 Å². The summed E-state index contributed by atoms with van der Waals surface area (Å²) in [5, 5.41) is 5.74. The van der Waals surface area contributed by atoms with Crippen LogP contribution >= 0.6 is 0 Å². The quantitative estimate of drug-likeness (QED) is 0.755. The third-order valence-electron chi connectivity index (χ3n) is 4.29. The van der Waals surface area contributed by atoms with Gasteiger partial charge in [-0.15, -0.1) is 0 Å². The molecule has 0 spiro atoms. The van der Waals surface area contributed by atoms with Crippen LogP contribution in [-0.4, -0.2) is 35.8 Å². The van der Waals surface area contributed by atoms with Crippen molar-refractivity contribution >= 4 is 23.5 Å².